The van der Waals surface area contributed by atoms with Gasteiger partial charge in [0.25, 0.3) is 0 Å². The molecule has 264 valence electrons. The molecule has 0 fully saturated rings. The summed E-state index contributed by atoms with van der Waals surface area (Å²) in [6.45, 7) is 0. The van der Waals surface area contributed by atoms with Gasteiger partial charge in [0.15, 0.2) is 0 Å². The lowest BCUT2D eigenvalue weighted by Gasteiger charge is -2.22. The van der Waals surface area contributed by atoms with Crippen molar-refractivity contribution in [3.05, 3.63) is 188 Å². The second-order valence-corrected chi connectivity index (χ2v) is 14.5. The Labute approximate surface area is 321 Å². The Bertz CT molecular complexity index is 2910. The molecule has 10 rings (SSSR count). The fourth-order valence-corrected chi connectivity index (χ4v) is 8.12. The highest BCUT2D eigenvalue weighted by atomic mass is 15.1. The van der Waals surface area contributed by atoms with E-state index in [9.17, 15) is 0 Å². The van der Waals surface area contributed by atoms with Crippen molar-refractivity contribution in [2.75, 3.05) is 35.8 Å². The molecule has 0 aliphatic carbocycles. The summed E-state index contributed by atoms with van der Waals surface area (Å²) in [5, 5.41) is 9.90. The van der Waals surface area contributed by atoms with Crippen LogP contribution in [0.4, 0.5) is 34.1 Å². The summed E-state index contributed by atoms with van der Waals surface area (Å²) in [5.74, 6) is 0. The highest BCUT2D eigenvalue weighted by Gasteiger charge is 2.17. The summed E-state index contributed by atoms with van der Waals surface area (Å²) >= 11 is 0. The number of fused-ring (bicyclic) bond motifs is 6. The second-order valence-electron chi connectivity index (χ2n) is 14.5. The van der Waals surface area contributed by atoms with E-state index in [0.717, 1.165) is 39.8 Å². The zero-order valence-corrected chi connectivity index (χ0v) is 31.2. The lowest BCUT2D eigenvalue weighted by molar-refractivity contribution is 1.15. The minimum Gasteiger partial charge on any atom is -0.345 e. The van der Waals surface area contributed by atoms with Crippen LogP contribution in [0.2, 0.25) is 0 Å². The predicted molar refractivity (Wildman–Crippen MR) is 237 cm³/mol. The molecule has 1 heterocycles. The average molecular weight is 709 g/mol. The largest absolute Gasteiger partial charge is 0.345 e. The minimum atomic E-state index is 1.12. The Morgan fingerprint density at radius 3 is 1.00 bits per heavy atom. The standard InChI is InChI=1S/C51H40N4/c1-52(43-19-16-35-10-4-7-13-38(35)30-43)41-22-24-42(25-23-41)55-50-33-46(53(2)44-20-17-36-11-5-8-14-39(36)31-44)26-28-48(50)49-29-27-47(34-51(49)55)54(3)45-21-18-37-12-6-9-15-40(37)32-45/h4-34H,1-3H3. The maximum Gasteiger partial charge on any atom is 0.0561 e. The molecule has 10 aromatic rings. The molecule has 0 spiro atoms. The highest BCUT2D eigenvalue weighted by molar-refractivity contribution is 6.11. The van der Waals surface area contributed by atoms with E-state index < -0.39 is 0 Å². The predicted octanol–water partition coefficient (Wildman–Crippen LogP) is 13.5. The zero-order chi connectivity index (χ0) is 37.0. The van der Waals surface area contributed by atoms with Crippen LogP contribution in [-0.2, 0) is 0 Å². The third-order valence-corrected chi connectivity index (χ3v) is 11.4. The van der Waals surface area contributed by atoms with Gasteiger partial charge in [0, 0.05) is 71.7 Å². The van der Waals surface area contributed by atoms with Gasteiger partial charge in [0.1, 0.15) is 0 Å². The third-order valence-electron chi connectivity index (χ3n) is 11.4. The van der Waals surface area contributed by atoms with Crippen LogP contribution >= 0.6 is 0 Å². The highest BCUT2D eigenvalue weighted by Crippen LogP contribution is 2.39. The second kappa shape index (κ2) is 13.1. The molecule has 0 saturated heterocycles. The van der Waals surface area contributed by atoms with E-state index in [4.69, 9.17) is 0 Å². The summed E-state index contributed by atoms with van der Waals surface area (Å²) < 4.78 is 2.43. The maximum absolute atomic E-state index is 2.43. The SMILES string of the molecule is CN(c1ccc(-n2c3cc(N(C)c4ccc5ccccc5c4)ccc3c3ccc(N(C)c4ccc5ccccc5c4)cc32)cc1)c1ccc2ccccc2c1. The molecular formula is C51H40N4. The van der Waals surface area contributed by atoms with Crippen LogP contribution in [0.5, 0.6) is 0 Å². The van der Waals surface area contributed by atoms with Crippen LogP contribution in [0.3, 0.4) is 0 Å². The van der Waals surface area contributed by atoms with Crippen LogP contribution in [0.25, 0.3) is 59.8 Å². The van der Waals surface area contributed by atoms with Gasteiger partial charge < -0.3 is 19.3 Å². The van der Waals surface area contributed by atoms with Gasteiger partial charge >= 0.3 is 0 Å². The molecule has 0 aliphatic rings. The van der Waals surface area contributed by atoms with Crippen molar-refractivity contribution in [1.82, 2.24) is 4.57 Å². The molecule has 4 nitrogen and oxygen atoms in total. The molecule has 0 amide bonds. The topological polar surface area (TPSA) is 14.7 Å². The Morgan fingerprint density at radius 1 is 0.291 bits per heavy atom. The van der Waals surface area contributed by atoms with Crippen LogP contribution in [-0.4, -0.2) is 25.7 Å². The van der Waals surface area contributed by atoms with Gasteiger partial charge in [-0.15, -0.1) is 0 Å². The summed E-state index contributed by atoms with van der Waals surface area (Å²) in [6, 6.07) is 68.4. The first-order valence-corrected chi connectivity index (χ1v) is 18.8. The number of rotatable bonds is 7. The van der Waals surface area contributed by atoms with E-state index >= 15 is 0 Å². The van der Waals surface area contributed by atoms with E-state index in [-0.39, 0.29) is 0 Å². The van der Waals surface area contributed by atoms with Gasteiger partial charge in [0.2, 0.25) is 0 Å². The number of anilines is 6. The maximum atomic E-state index is 2.43. The van der Waals surface area contributed by atoms with Crippen molar-refractivity contribution in [2.45, 2.75) is 0 Å². The van der Waals surface area contributed by atoms with Crippen molar-refractivity contribution in [3.63, 3.8) is 0 Å². The van der Waals surface area contributed by atoms with E-state index in [0.29, 0.717) is 0 Å². The molecule has 0 bridgehead atoms. The molecule has 0 saturated carbocycles. The van der Waals surface area contributed by atoms with E-state index in [1.165, 1.54) is 54.1 Å². The molecule has 0 atom stereocenters. The summed E-state index contributed by atoms with van der Waals surface area (Å²) in [7, 11) is 6.46. The molecule has 55 heavy (non-hydrogen) atoms. The van der Waals surface area contributed by atoms with E-state index in [1.807, 2.05) is 0 Å². The van der Waals surface area contributed by atoms with E-state index in [2.05, 4.69) is 228 Å². The normalized spacial score (nSPS) is 11.5. The van der Waals surface area contributed by atoms with Gasteiger partial charge in [-0.1, -0.05) is 103 Å². The Morgan fingerprint density at radius 2 is 0.600 bits per heavy atom. The number of benzene rings is 9. The van der Waals surface area contributed by atoms with Crippen molar-refractivity contribution >= 4 is 88.2 Å². The smallest absolute Gasteiger partial charge is 0.0561 e. The number of hydrogen-bond donors (Lipinski definition) is 0. The monoisotopic (exact) mass is 708 g/mol. The lowest BCUT2D eigenvalue weighted by Crippen LogP contribution is -2.10. The first-order valence-electron chi connectivity index (χ1n) is 18.8. The minimum absolute atomic E-state index is 1.12. The molecule has 0 radical (unpaired) electrons. The van der Waals surface area contributed by atoms with Crippen LogP contribution in [0.15, 0.2) is 188 Å². The first kappa shape index (κ1) is 32.6. The molecular weight excluding hydrogens is 669 g/mol. The van der Waals surface area contributed by atoms with Crippen molar-refractivity contribution in [1.29, 1.82) is 0 Å². The first-order chi connectivity index (χ1) is 27.0. The lowest BCUT2D eigenvalue weighted by atomic mass is 10.1. The number of nitrogens with zero attached hydrogens (tertiary/aromatic N) is 4. The van der Waals surface area contributed by atoms with Crippen LogP contribution in [0, 0.1) is 0 Å². The van der Waals surface area contributed by atoms with Gasteiger partial charge in [0.05, 0.1) is 11.0 Å². The fraction of sp³-hybridized carbons (Fsp3) is 0.0588. The molecule has 4 heteroatoms. The molecule has 0 N–H and O–H groups in total. The third kappa shape index (κ3) is 5.71. The average Bonchev–Trinajstić information content (AvgIpc) is 3.58. The zero-order valence-electron chi connectivity index (χ0n) is 31.2. The molecule has 1 aromatic heterocycles. The van der Waals surface area contributed by atoms with Crippen LogP contribution < -0.4 is 14.7 Å². The van der Waals surface area contributed by atoms with Crippen LogP contribution in [0.1, 0.15) is 0 Å². The van der Waals surface area contributed by atoms with Crippen molar-refractivity contribution in [3.8, 4) is 5.69 Å². The summed E-state index contributed by atoms with van der Waals surface area (Å²) in [4.78, 5) is 6.83. The summed E-state index contributed by atoms with van der Waals surface area (Å²) in [6.07, 6.45) is 0. The van der Waals surface area contributed by atoms with Crippen molar-refractivity contribution < 1.29 is 0 Å². The Balaban J connectivity index is 1.09. The van der Waals surface area contributed by atoms with Crippen molar-refractivity contribution in [2.24, 2.45) is 0 Å². The fourth-order valence-electron chi connectivity index (χ4n) is 8.12. The van der Waals surface area contributed by atoms with Gasteiger partial charge in [-0.25, -0.2) is 0 Å². The Hall–Kier alpha value is -7.04. The number of hydrogen-bond acceptors (Lipinski definition) is 3. The quantitative estimate of drug-likeness (QED) is 0.164. The molecule has 9 aromatic carbocycles. The van der Waals surface area contributed by atoms with E-state index in [1.54, 1.807) is 0 Å². The van der Waals surface area contributed by atoms with Gasteiger partial charge in [-0.05, 0) is 117 Å². The molecule has 0 aliphatic heterocycles. The number of aromatic nitrogens is 1. The molecule has 0 unspecified atom stereocenters. The van der Waals surface area contributed by atoms with Gasteiger partial charge in [-0.2, -0.15) is 0 Å². The Kier molecular flexibility index (Phi) is 7.77. The summed E-state index contributed by atoms with van der Waals surface area (Å²) in [5.41, 5.74) is 10.3. The van der Waals surface area contributed by atoms with Gasteiger partial charge in [-0.3, -0.25) is 0 Å².